The molecule has 0 unspecified atom stereocenters. The number of nitrogens with one attached hydrogen (secondary N) is 3. The number of aryl methyl sites for hydroxylation is 1. The van der Waals surface area contributed by atoms with Crippen LogP contribution in [0.2, 0.25) is 0 Å². The fourth-order valence-corrected chi connectivity index (χ4v) is 9.64. The molecular weight excluding hydrogens is 701 g/mol. The number of nitrogens with zero attached hydrogens (tertiary/aromatic N) is 1. The Bertz CT molecular complexity index is 1920. The van der Waals surface area contributed by atoms with Crippen molar-refractivity contribution in [3.05, 3.63) is 41.5 Å². The van der Waals surface area contributed by atoms with Gasteiger partial charge in [-0.3, -0.25) is 19.1 Å². The summed E-state index contributed by atoms with van der Waals surface area (Å²) in [5, 5.41) is 19.3. The summed E-state index contributed by atoms with van der Waals surface area (Å²) in [5.41, 5.74) is -2.40. The third kappa shape index (κ3) is 7.58. The molecule has 3 saturated carbocycles. The van der Waals surface area contributed by atoms with Crippen LogP contribution in [-0.4, -0.2) is 85.4 Å². The summed E-state index contributed by atoms with van der Waals surface area (Å²) in [7, 11) is -2.24. The van der Waals surface area contributed by atoms with Gasteiger partial charge in [0.15, 0.2) is 0 Å². The van der Waals surface area contributed by atoms with Crippen LogP contribution in [0.1, 0.15) is 96.1 Å². The van der Waals surface area contributed by atoms with E-state index < -0.39 is 67.7 Å². The van der Waals surface area contributed by atoms with Gasteiger partial charge in [-0.2, -0.15) is 0 Å². The molecule has 4 N–H and O–H groups in total. The van der Waals surface area contributed by atoms with Gasteiger partial charge in [0.25, 0.3) is 5.91 Å². The van der Waals surface area contributed by atoms with Crippen LogP contribution in [-0.2, 0) is 41.2 Å². The highest BCUT2D eigenvalue weighted by molar-refractivity contribution is 7.91. The maximum Gasteiger partial charge on any atom is 0.407 e. The highest BCUT2D eigenvalue weighted by Gasteiger charge is 2.67. The number of cyclic esters (lactones) is 1. The van der Waals surface area contributed by atoms with E-state index >= 15 is 0 Å². The summed E-state index contributed by atoms with van der Waals surface area (Å²) < 4.78 is 39.1. The number of amides is 4. The zero-order valence-corrected chi connectivity index (χ0v) is 31.9. The van der Waals surface area contributed by atoms with Gasteiger partial charge in [0.05, 0.1) is 25.5 Å². The molecule has 4 amide bonds. The standard InChI is InChI=1S/C39H52N4O9S/c1-37(2,3)32-34(45)43-22-38(48,21-30(43)33(44)41-39(20-29(39)23-10-11-23)35(46)42-53(49,50)28-14-15-28)27-13-12-24-19-31(51-4)25(17-26(24)18-27)9-7-5-6-8-16-52-36(47)40-32/h12-13,17-19,23,28-30,32,48H,5-11,14-16,20-22H2,1-4H3,(H,40,47)(H,41,44)(H,42,46)/t29-,30-,32+,38-,39+/m0/s1. The number of rotatable bonds is 7. The van der Waals surface area contributed by atoms with Gasteiger partial charge < -0.3 is 30.1 Å². The maximum absolute atomic E-state index is 14.6. The Morgan fingerprint density at radius 3 is 2.42 bits per heavy atom. The van der Waals surface area contributed by atoms with Crippen molar-refractivity contribution in [1.82, 2.24) is 20.3 Å². The number of aliphatic hydroxyl groups is 1. The summed E-state index contributed by atoms with van der Waals surface area (Å²) in [6.45, 7) is 5.30. The molecule has 53 heavy (non-hydrogen) atoms. The van der Waals surface area contributed by atoms with Crippen LogP contribution in [0.5, 0.6) is 5.75 Å². The van der Waals surface area contributed by atoms with E-state index in [0.717, 1.165) is 60.6 Å². The molecule has 1 saturated heterocycles. The lowest BCUT2D eigenvalue weighted by molar-refractivity contribution is -0.143. The Balaban J connectivity index is 1.25. The van der Waals surface area contributed by atoms with Crippen molar-refractivity contribution in [3.8, 4) is 5.75 Å². The molecule has 14 heteroatoms. The molecule has 4 fully saturated rings. The van der Waals surface area contributed by atoms with Crippen molar-refractivity contribution in [1.29, 1.82) is 0 Å². The number of carbonyl (C=O) groups is 4. The first-order valence-corrected chi connectivity index (χ1v) is 20.5. The van der Waals surface area contributed by atoms with E-state index in [1.54, 1.807) is 33.9 Å². The average molecular weight is 753 g/mol. The van der Waals surface area contributed by atoms with Crippen LogP contribution >= 0.6 is 0 Å². The van der Waals surface area contributed by atoms with E-state index in [4.69, 9.17) is 9.47 Å². The first-order chi connectivity index (χ1) is 25.0. The van der Waals surface area contributed by atoms with Gasteiger partial charge in [-0.05, 0) is 109 Å². The Hall–Kier alpha value is -3.91. The first kappa shape index (κ1) is 37.4. The fourth-order valence-electron chi connectivity index (χ4n) is 8.27. The molecule has 2 aromatic carbocycles. The van der Waals surface area contributed by atoms with Crippen molar-refractivity contribution in [2.75, 3.05) is 20.3 Å². The molecule has 13 nitrogen and oxygen atoms in total. The lowest BCUT2D eigenvalue weighted by atomic mass is 9.85. The number of ether oxygens (including phenoxy) is 2. The van der Waals surface area contributed by atoms with Gasteiger partial charge in [-0.25, -0.2) is 13.2 Å². The summed E-state index contributed by atoms with van der Waals surface area (Å²) in [6, 6.07) is 7.22. The number of benzene rings is 2. The maximum atomic E-state index is 14.6. The van der Waals surface area contributed by atoms with Crippen molar-refractivity contribution in [3.63, 3.8) is 0 Å². The summed E-state index contributed by atoms with van der Waals surface area (Å²) in [5.74, 6) is -1.29. The topological polar surface area (TPSA) is 180 Å². The zero-order chi connectivity index (χ0) is 37.9. The molecule has 0 spiro atoms. The molecule has 5 atom stereocenters. The minimum atomic E-state index is -3.88. The van der Waals surface area contributed by atoms with Crippen molar-refractivity contribution in [2.24, 2.45) is 17.3 Å². The molecule has 5 aliphatic rings. The number of fused-ring (bicyclic) bond motifs is 5. The lowest BCUT2D eigenvalue weighted by Crippen LogP contribution is -2.60. The number of carbonyl (C=O) groups excluding carboxylic acids is 4. The van der Waals surface area contributed by atoms with Gasteiger partial charge in [-0.15, -0.1) is 0 Å². The SMILES string of the molecule is COc1cc2ccc3cc2cc1CCCCCCOC(=O)N[C@@H](C(C)(C)C)C(=O)N1C[C@@]3(O)C[C@H]1C(=O)N[C@]1(C(=O)NS(=O)(=O)C2CC2)C[C@H]1C1CC1. The molecule has 0 aromatic heterocycles. The predicted molar refractivity (Wildman–Crippen MR) is 196 cm³/mol. The third-order valence-electron chi connectivity index (χ3n) is 11.8. The summed E-state index contributed by atoms with van der Waals surface area (Å²) in [4.78, 5) is 57.2. The van der Waals surface area contributed by atoms with E-state index in [2.05, 4.69) is 21.4 Å². The highest BCUT2D eigenvalue weighted by Crippen LogP contribution is 2.57. The molecule has 3 aliphatic carbocycles. The second kappa shape index (κ2) is 13.7. The van der Waals surface area contributed by atoms with E-state index in [0.29, 0.717) is 24.8 Å². The second-order valence-corrected chi connectivity index (χ2v) is 18.9. The molecule has 288 valence electrons. The lowest BCUT2D eigenvalue weighted by Gasteiger charge is -2.35. The minimum Gasteiger partial charge on any atom is -0.496 e. The van der Waals surface area contributed by atoms with Gasteiger partial charge >= 0.3 is 6.09 Å². The zero-order valence-electron chi connectivity index (χ0n) is 31.0. The number of hydrogen-bond acceptors (Lipinski definition) is 9. The van der Waals surface area contributed by atoms with Crippen LogP contribution in [0.3, 0.4) is 0 Å². The van der Waals surface area contributed by atoms with Crippen molar-refractivity contribution < 1.29 is 42.2 Å². The van der Waals surface area contributed by atoms with Crippen LogP contribution in [0, 0.1) is 17.3 Å². The van der Waals surface area contributed by atoms with Crippen LogP contribution < -0.4 is 20.1 Å². The Morgan fingerprint density at radius 1 is 1.00 bits per heavy atom. The Kier molecular flexibility index (Phi) is 9.70. The number of hydrogen-bond donors (Lipinski definition) is 4. The third-order valence-corrected chi connectivity index (χ3v) is 13.6. The average Bonchev–Trinajstić information content (AvgIpc) is 3.97. The predicted octanol–water partition coefficient (Wildman–Crippen LogP) is 3.79. The van der Waals surface area contributed by atoms with Crippen molar-refractivity contribution >= 4 is 44.6 Å². The van der Waals surface area contributed by atoms with Gasteiger partial charge in [0.1, 0.15) is 29.0 Å². The van der Waals surface area contributed by atoms with Crippen LogP contribution in [0.15, 0.2) is 30.3 Å². The normalized spacial score (nSPS) is 29.8. The Labute approximate surface area is 311 Å². The molecular formula is C39H52N4O9S. The Morgan fingerprint density at radius 2 is 1.74 bits per heavy atom. The molecule has 0 radical (unpaired) electrons. The number of methoxy groups -OCH3 is 1. The van der Waals surface area contributed by atoms with E-state index in [1.807, 2.05) is 18.2 Å². The van der Waals surface area contributed by atoms with Crippen molar-refractivity contribution in [2.45, 2.75) is 120 Å². The molecule has 2 heterocycles. The summed E-state index contributed by atoms with van der Waals surface area (Å²) in [6.07, 6.45) is 6.15. The minimum absolute atomic E-state index is 0.176. The largest absolute Gasteiger partial charge is 0.496 e. The molecule has 2 aliphatic heterocycles. The quantitative estimate of drug-likeness (QED) is 0.328. The smallest absolute Gasteiger partial charge is 0.407 e. The fraction of sp³-hybridized carbons (Fsp3) is 0.641. The van der Waals surface area contributed by atoms with Gasteiger partial charge in [-0.1, -0.05) is 45.7 Å². The second-order valence-electron chi connectivity index (χ2n) is 17.0. The molecule has 2 aromatic rings. The number of alkyl carbamates (subject to hydrolysis) is 1. The van der Waals surface area contributed by atoms with Gasteiger partial charge in [0, 0.05) is 6.42 Å². The van der Waals surface area contributed by atoms with Crippen LogP contribution in [0.25, 0.3) is 10.8 Å². The van der Waals surface area contributed by atoms with Crippen LogP contribution in [0.4, 0.5) is 4.79 Å². The monoisotopic (exact) mass is 752 g/mol. The summed E-state index contributed by atoms with van der Waals surface area (Å²) >= 11 is 0. The number of sulfonamides is 1. The van der Waals surface area contributed by atoms with E-state index in [1.165, 1.54) is 4.90 Å². The molecule has 5 bridgehead atoms. The highest BCUT2D eigenvalue weighted by atomic mass is 32.2. The first-order valence-electron chi connectivity index (χ1n) is 19.0. The van der Waals surface area contributed by atoms with E-state index in [9.17, 15) is 32.7 Å². The van der Waals surface area contributed by atoms with Gasteiger partial charge in [0.2, 0.25) is 21.8 Å². The van der Waals surface area contributed by atoms with E-state index in [-0.39, 0.29) is 37.8 Å². The molecule has 7 rings (SSSR count).